The molecule has 0 amide bonds. The lowest BCUT2D eigenvalue weighted by atomic mass is 9.96. The SMILES string of the molecule is CCNc1cc(SCCO)nc(C(C)(C)C)n1. The van der Waals surface area contributed by atoms with E-state index >= 15 is 0 Å². The summed E-state index contributed by atoms with van der Waals surface area (Å²) >= 11 is 1.55. The molecule has 1 rings (SSSR count). The highest BCUT2D eigenvalue weighted by Crippen LogP contribution is 2.24. The fourth-order valence-electron chi connectivity index (χ4n) is 1.26. The van der Waals surface area contributed by atoms with Gasteiger partial charge in [-0.05, 0) is 6.92 Å². The van der Waals surface area contributed by atoms with Crippen molar-refractivity contribution in [1.29, 1.82) is 0 Å². The lowest BCUT2D eigenvalue weighted by Gasteiger charge is -2.18. The molecule has 4 nitrogen and oxygen atoms in total. The van der Waals surface area contributed by atoms with Gasteiger partial charge in [-0.3, -0.25) is 0 Å². The highest BCUT2D eigenvalue weighted by molar-refractivity contribution is 7.99. The first-order valence-corrected chi connectivity index (χ1v) is 6.83. The molecule has 0 spiro atoms. The zero-order chi connectivity index (χ0) is 12.9. The maximum Gasteiger partial charge on any atom is 0.137 e. The fourth-order valence-corrected chi connectivity index (χ4v) is 1.90. The minimum absolute atomic E-state index is 0.0695. The first kappa shape index (κ1) is 14.3. The van der Waals surface area contributed by atoms with Crippen LogP contribution in [0.4, 0.5) is 5.82 Å². The van der Waals surface area contributed by atoms with Crippen molar-refractivity contribution < 1.29 is 5.11 Å². The van der Waals surface area contributed by atoms with E-state index < -0.39 is 0 Å². The molecule has 0 aromatic carbocycles. The summed E-state index contributed by atoms with van der Waals surface area (Å²) in [5.41, 5.74) is -0.0695. The number of hydrogen-bond acceptors (Lipinski definition) is 5. The molecule has 0 fully saturated rings. The second-order valence-electron chi connectivity index (χ2n) is 4.77. The molecule has 0 aliphatic rings. The van der Waals surface area contributed by atoms with Gasteiger partial charge in [0.25, 0.3) is 0 Å². The number of nitrogens with one attached hydrogen (secondary N) is 1. The van der Waals surface area contributed by atoms with Gasteiger partial charge in [0.15, 0.2) is 0 Å². The Morgan fingerprint density at radius 1 is 1.35 bits per heavy atom. The first-order valence-electron chi connectivity index (χ1n) is 5.84. The van der Waals surface area contributed by atoms with Gasteiger partial charge in [-0.15, -0.1) is 11.8 Å². The number of aromatic nitrogens is 2. The van der Waals surface area contributed by atoms with Gasteiger partial charge >= 0.3 is 0 Å². The summed E-state index contributed by atoms with van der Waals surface area (Å²) in [6.07, 6.45) is 0. The second kappa shape index (κ2) is 6.21. The quantitative estimate of drug-likeness (QED) is 0.624. The molecule has 0 radical (unpaired) electrons. The molecule has 2 N–H and O–H groups in total. The third kappa shape index (κ3) is 4.52. The van der Waals surface area contributed by atoms with Crippen LogP contribution in [0.2, 0.25) is 0 Å². The Morgan fingerprint density at radius 3 is 2.59 bits per heavy atom. The molecule has 0 unspecified atom stereocenters. The molecule has 96 valence electrons. The number of aliphatic hydroxyl groups excluding tert-OH is 1. The monoisotopic (exact) mass is 255 g/mol. The predicted molar refractivity (Wildman–Crippen MR) is 72.7 cm³/mol. The van der Waals surface area contributed by atoms with E-state index in [1.807, 2.05) is 13.0 Å². The van der Waals surface area contributed by atoms with E-state index in [2.05, 4.69) is 36.1 Å². The van der Waals surface area contributed by atoms with Crippen molar-refractivity contribution in [2.24, 2.45) is 0 Å². The summed E-state index contributed by atoms with van der Waals surface area (Å²) in [5, 5.41) is 13.0. The number of thioether (sulfide) groups is 1. The first-order chi connectivity index (χ1) is 7.97. The average molecular weight is 255 g/mol. The van der Waals surface area contributed by atoms with E-state index in [-0.39, 0.29) is 12.0 Å². The average Bonchev–Trinajstić information content (AvgIpc) is 2.25. The molecule has 1 aromatic rings. The summed E-state index contributed by atoms with van der Waals surface area (Å²) in [6, 6.07) is 1.93. The van der Waals surface area contributed by atoms with E-state index in [9.17, 15) is 0 Å². The van der Waals surface area contributed by atoms with Gasteiger partial charge in [0, 0.05) is 23.8 Å². The Balaban J connectivity index is 3.01. The summed E-state index contributed by atoms with van der Waals surface area (Å²) in [7, 11) is 0. The van der Waals surface area contributed by atoms with Crippen molar-refractivity contribution in [2.75, 3.05) is 24.2 Å². The molecular formula is C12H21N3OS. The molecule has 0 aliphatic heterocycles. The lowest BCUT2D eigenvalue weighted by molar-refractivity contribution is 0.322. The van der Waals surface area contributed by atoms with E-state index in [0.29, 0.717) is 5.75 Å². The molecule has 5 heteroatoms. The maximum absolute atomic E-state index is 8.85. The Bertz CT molecular complexity index is 363. The summed E-state index contributed by atoms with van der Waals surface area (Å²) in [6.45, 7) is 9.33. The number of rotatable bonds is 5. The van der Waals surface area contributed by atoms with Crippen LogP contribution in [0.1, 0.15) is 33.5 Å². The number of aliphatic hydroxyl groups is 1. The number of anilines is 1. The molecule has 1 heterocycles. The third-order valence-electron chi connectivity index (χ3n) is 2.07. The minimum Gasteiger partial charge on any atom is -0.396 e. The van der Waals surface area contributed by atoms with Crippen molar-refractivity contribution in [3.05, 3.63) is 11.9 Å². The van der Waals surface area contributed by atoms with Gasteiger partial charge in [-0.2, -0.15) is 0 Å². The highest BCUT2D eigenvalue weighted by atomic mass is 32.2. The van der Waals surface area contributed by atoms with Crippen LogP contribution in [-0.2, 0) is 5.41 Å². The Morgan fingerprint density at radius 2 is 2.06 bits per heavy atom. The zero-order valence-corrected chi connectivity index (χ0v) is 11.8. The highest BCUT2D eigenvalue weighted by Gasteiger charge is 2.19. The summed E-state index contributed by atoms with van der Waals surface area (Å²) < 4.78 is 0. The van der Waals surface area contributed by atoms with Crippen LogP contribution in [0.5, 0.6) is 0 Å². The largest absolute Gasteiger partial charge is 0.396 e. The number of hydrogen-bond donors (Lipinski definition) is 2. The molecule has 0 bridgehead atoms. The van der Waals surface area contributed by atoms with Crippen molar-refractivity contribution in [2.45, 2.75) is 38.1 Å². The van der Waals surface area contributed by atoms with Gasteiger partial charge in [0.1, 0.15) is 16.7 Å². The van der Waals surface area contributed by atoms with Crippen LogP contribution in [0.25, 0.3) is 0 Å². The van der Waals surface area contributed by atoms with Crippen LogP contribution < -0.4 is 5.32 Å². The van der Waals surface area contributed by atoms with Crippen LogP contribution in [-0.4, -0.2) is 34.0 Å². The molecular weight excluding hydrogens is 234 g/mol. The van der Waals surface area contributed by atoms with Gasteiger partial charge in [0.2, 0.25) is 0 Å². The Kier molecular flexibility index (Phi) is 5.21. The standard InChI is InChI=1S/C12H21N3OS/c1-5-13-9-8-10(17-7-6-16)15-11(14-9)12(2,3)4/h8,16H,5-7H2,1-4H3,(H,13,14,15). The summed E-state index contributed by atoms with van der Waals surface area (Å²) in [4.78, 5) is 9.03. The van der Waals surface area contributed by atoms with Gasteiger partial charge in [-0.1, -0.05) is 20.8 Å². The molecule has 0 saturated heterocycles. The second-order valence-corrected chi connectivity index (χ2v) is 5.88. The normalized spacial score (nSPS) is 11.6. The molecule has 1 aromatic heterocycles. The lowest BCUT2D eigenvalue weighted by Crippen LogP contribution is -2.17. The van der Waals surface area contributed by atoms with Gasteiger partial charge < -0.3 is 10.4 Å². The van der Waals surface area contributed by atoms with Crippen LogP contribution in [0.3, 0.4) is 0 Å². The van der Waals surface area contributed by atoms with Crippen LogP contribution in [0, 0.1) is 0 Å². The topological polar surface area (TPSA) is 58.0 Å². The predicted octanol–water partition coefficient (Wildman–Crippen LogP) is 2.29. The zero-order valence-electron chi connectivity index (χ0n) is 10.9. The third-order valence-corrected chi connectivity index (χ3v) is 2.96. The summed E-state index contributed by atoms with van der Waals surface area (Å²) in [5.74, 6) is 2.34. The van der Waals surface area contributed by atoms with Crippen molar-refractivity contribution >= 4 is 17.6 Å². The van der Waals surface area contributed by atoms with E-state index in [1.54, 1.807) is 11.8 Å². The Hall–Kier alpha value is -0.810. The smallest absolute Gasteiger partial charge is 0.137 e. The van der Waals surface area contributed by atoms with Crippen LogP contribution >= 0.6 is 11.8 Å². The molecule has 0 atom stereocenters. The number of nitrogens with zero attached hydrogens (tertiary/aromatic N) is 2. The van der Waals surface area contributed by atoms with Gasteiger partial charge in [-0.25, -0.2) is 9.97 Å². The molecule has 0 saturated carbocycles. The van der Waals surface area contributed by atoms with Gasteiger partial charge in [0.05, 0.1) is 6.61 Å². The Labute approximate surface area is 107 Å². The van der Waals surface area contributed by atoms with E-state index in [1.165, 1.54) is 0 Å². The molecule has 17 heavy (non-hydrogen) atoms. The fraction of sp³-hybridized carbons (Fsp3) is 0.667. The van der Waals surface area contributed by atoms with E-state index in [0.717, 1.165) is 23.2 Å². The van der Waals surface area contributed by atoms with Crippen molar-refractivity contribution in [3.63, 3.8) is 0 Å². The van der Waals surface area contributed by atoms with E-state index in [4.69, 9.17) is 5.11 Å². The van der Waals surface area contributed by atoms with Crippen LogP contribution in [0.15, 0.2) is 11.1 Å². The molecule has 0 aliphatic carbocycles. The minimum atomic E-state index is -0.0695. The van der Waals surface area contributed by atoms with Crippen molar-refractivity contribution in [3.8, 4) is 0 Å². The van der Waals surface area contributed by atoms with Crippen molar-refractivity contribution in [1.82, 2.24) is 9.97 Å². The maximum atomic E-state index is 8.85.